The van der Waals surface area contributed by atoms with Crippen molar-refractivity contribution in [3.63, 3.8) is 0 Å². The first kappa shape index (κ1) is 21.6. The Hall–Kier alpha value is -2.09. The second-order valence-electron chi connectivity index (χ2n) is 8.48. The number of carbonyl (C=O) groups is 1. The number of benzene rings is 2. The van der Waals surface area contributed by atoms with Crippen molar-refractivity contribution in [2.75, 3.05) is 6.61 Å². The molecule has 2 atom stereocenters. The number of ether oxygens (including phenoxy) is 1. The lowest BCUT2D eigenvalue weighted by atomic mass is 9.77. The average molecular weight is 393 g/mol. The van der Waals surface area contributed by atoms with Gasteiger partial charge in [0.1, 0.15) is 11.5 Å². The molecule has 2 aromatic rings. The van der Waals surface area contributed by atoms with Gasteiger partial charge in [-0.1, -0.05) is 82.3 Å². The third-order valence-electron chi connectivity index (χ3n) is 6.34. The summed E-state index contributed by atoms with van der Waals surface area (Å²) in [5.41, 5.74) is 3.55. The molecule has 0 saturated heterocycles. The van der Waals surface area contributed by atoms with Crippen molar-refractivity contribution >= 4 is 5.78 Å². The Bertz CT molecular complexity index is 745. The fourth-order valence-corrected chi connectivity index (χ4v) is 4.34. The molecule has 1 fully saturated rings. The number of unbranched alkanes of at least 4 members (excludes halogenated alkanes) is 4. The first-order chi connectivity index (χ1) is 14.2. The average Bonchev–Trinajstić information content (AvgIpc) is 2.77. The molecule has 2 nitrogen and oxygen atoms in total. The van der Waals surface area contributed by atoms with E-state index in [1.807, 2.05) is 0 Å². The van der Waals surface area contributed by atoms with Gasteiger partial charge in [0.15, 0.2) is 0 Å². The molecule has 0 bridgehead atoms. The number of carbonyl (C=O) groups excluding carboxylic acids is 1. The van der Waals surface area contributed by atoms with E-state index in [0.717, 1.165) is 38.0 Å². The molecule has 1 aliphatic carbocycles. The van der Waals surface area contributed by atoms with Gasteiger partial charge in [-0.25, -0.2) is 0 Å². The van der Waals surface area contributed by atoms with Gasteiger partial charge in [-0.15, -0.1) is 0 Å². The topological polar surface area (TPSA) is 26.3 Å². The minimum absolute atomic E-state index is 0.0972. The highest BCUT2D eigenvalue weighted by molar-refractivity contribution is 5.86. The first-order valence-corrected chi connectivity index (χ1v) is 11.6. The lowest BCUT2D eigenvalue weighted by Crippen LogP contribution is -2.23. The van der Waals surface area contributed by atoms with Crippen LogP contribution in [0, 0.1) is 5.92 Å². The lowest BCUT2D eigenvalue weighted by molar-refractivity contribution is -0.123. The van der Waals surface area contributed by atoms with Crippen LogP contribution in [0.3, 0.4) is 0 Å². The van der Waals surface area contributed by atoms with E-state index in [4.69, 9.17) is 4.74 Å². The van der Waals surface area contributed by atoms with Gasteiger partial charge in [0.2, 0.25) is 0 Å². The van der Waals surface area contributed by atoms with Crippen LogP contribution in [0.2, 0.25) is 0 Å². The van der Waals surface area contributed by atoms with Crippen LogP contribution in [0.5, 0.6) is 5.75 Å². The molecule has 0 radical (unpaired) electrons. The minimum atomic E-state index is 0.0972. The Morgan fingerprint density at radius 2 is 1.48 bits per heavy atom. The van der Waals surface area contributed by atoms with Crippen molar-refractivity contribution in [1.29, 1.82) is 0 Å². The third-order valence-corrected chi connectivity index (χ3v) is 6.34. The molecule has 156 valence electrons. The molecule has 0 unspecified atom stereocenters. The van der Waals surface area contributed by atoms with Crippen LogP contribution < -0.4 is 4.74 Å². The molecule has 0 aliphatic heterocycles. The molecule has 0 spiro atoms. The molecule has 2 aromatic carbocycles. The number of hydrogen-bond donors (Lipinski definition) is 0. The Morgan fingerprint density at radius 3 is 2.10 bits per heavy atom. The van der Waals surface area contributed by atoms with E-state index >= 15 is 0 Å². The number of Topliss-reactive ketones (excluding diaryl/α,β-unsaturated/α-hetero) is 1. The standard InChI is InChI=1S/C27H36O2/c1-3-5-6-7-8-19-29-25-16-14-23(15-17-25)22-10-12-24(13-11-22)26-18-9-21(4-2)20-27(26)28/h10-17,21,26H,3-9,18-20H2,1-2H3/t21-,26+/m1/s1. The summed E-state index contributed by atoms with van der Waals surface area (Å²) in [7, 11) is 0. The zero-order valence-electron chi connectivity index (χ0n) is 18.2. The van der Waals surface area contributed by atoms with E-state index in [1.165, 1.54) is 48.8 Å². The summed E-state index contributed by atoms with van der Waals surface area (Å²) in [6.45, 7) is 5.23. The van der Waals surface area contributed by atoms with E-state index < -0.39 is 0 Å². The maximum Gasteiger partial charge on any atom is 0.140 e. The molecule has 0 amide bonds. The predicted molar refractivity (Wildman–Crippen MR) is 122 cm³/mol. The highest BCUT2D eigenvalue weighted by Gasteiger charge is 2.28. The van der Waals surface area contributed by atoms with E-state index in [2.05, 4.69) is 62.4 Å². The number of rotatable bonds is 10. The summed E-state index contributed by atoms with van der Waals surface area (Å²) in [5.74, 6) is 2.06. The molecule has 0 N–H and O–H groups in total. The zero-order chi connectivity index (χ0) is 20.5. The first-order valence-electron chi connectivity index (χ1n) is 11.6. The van der Waals surface area contributed by atoms with Gasteiger partial charge < -0.3 is 4.74 Å². The summed E-state index contributed by atoms with van der Waals surface area (Å²) in [4.78, 5) is 12.5. The smallest absolute Gasteiger partial charge is 0.140 e. The van der Waals surface area contributed by atoms with E-state index in [9.17, 15) is 4.79 Å². The van der Waals surface area contributed by atoms with Gasteiger partial charge in [-0.3, -0.25) is 4.79 Å². The molecular weight excluding hydrogens is 356 g/mol. The molecule has 2 heteroatoms. The number of ketones is 1. The van der Waals surface area contributed by atoms with Crippen LogP contribution in [-0.2, 0) is 4.79 Å². The Morgan fingerprint density at radius 1 is 0.828 bits per heavy atom. The SMILES string of the molecule is CCCCCCCOc1ccc(-c2ccc([C@@H]3CC[C@@H](CC)CC3=O)cc2)cc1. The minimum Gasteiger partial charge on any atom is -0.494 e. The van der Waals surface area contributed by atoms with Crippen molar-refractivity contribution in [3.05, 3.63) is 54.1 Å². The summed E-state index contributed by atoms with van der Waals surface area (Å²) in [6.07, 6.45) is 10.3. The highest BCUT2D eigenvalue weighted by atomic mass is 16.5. The summed E-state index contributed by atoms with van der Waals surface area (Å²) >= 11 is 0. The van der Waals surface area contributed by atoms with Gasteiger partial charge in [-0.05, 0) is 54.0 Å². The highest BCUT2D eigenvalue weighted by Crippen LogP contribution is 2.35. The van der Waals surface area contributed by atoms with Crippen molar-refractivity contribution in [3.8, 4) is 16.9 Å². The lowest BCUT2D eigenvalue weighted by Gasteiger charge is -2.27. The Balaban J connectivity index is 1.53. The van der Waals surface area contributed by atoms with Crippen LogP contribution in [0.1, 0.15) is 83.1 Å². The molecule has 0 aromatic heterocycles. The quantitative estimate of drug-likeness (QED) is 0.390. The van der Waals surface area contributed by atoms with Gasteiger partial charge in [-0.2, -0.15) is 0 Å². The molecule has 3 rings (SSSR count). The molecule has 29 heavy (non-hydrogen) atoms. The van der Waals surface area contributed by atoms with Crippen molar-refractivity contribution in [1.82, 2.24) is 0 Å². The fourth-order valence-electron chi connectivity index (χ4n) is 4.34. The second-order valence-corrected chi connectivity index (χ2v) is 8.48. The number of hydrogen-bond acceptors (Lipinski definition) is 2. The Labute approximate surface area is 176 Å². The molecule has 1 aliphatic rings. The van der Waals surface area contributed by atoms with Gasteiger partial charge in [0.25, 0.3) is 0 Å². The maximum atomic E-state index is 12.5. The summed E-state index contributed by atoms with van der Waals surface area (Å²) in [6, 6.07) is 17.0. The van der Waals surface area contributed by atoms with Crippen LogP contribution in [-0.4, -0.2) is 12.4 Å². The van der Waals surface area contributed by atoms with Crippen molar-refractivity contribution < 1.29 is 9.53 Å². The van der Waals surface area contributed by atoms with E-state index in [0.29, 0.717) is 11.7 Å². The molecule has 0 heterocycles. The monoisotopic (exact) mass is 392 g/mol. The van der Waals surface area contributed by atoms with Crippen LogP contribution >= 0.6 is 0 Å². The zero-order valence-corrected chi connectivity index (χ0v) is 18.2. The maximum absolute atomic E-state index is 12.5. The normalized spacial score (nSPS) is 19.3. The largest absolute Gasteiger partial charge is 0.494 e. The Kier molecular flexibility index (Phi) is 8.34. The van der Waals surface area contributed by atoms with Gasteiger partial charge in [0, 0.05) is 12.3 Å². The molecule has 1 saturated carbocycles. The molecular formula is C27H36O2. The third kappa shape index (κ3) is 6.19. The van der Waals surface area contributed by atoms with E-state index in [1.54, 1.807) is 0 Å². The van der Waals surface area contributed by atoms with Crippen molar-refractivity contribution in [2.45, 2.75) is 77.6 Å². The predicted octanol–water partition coefficient (Wildman–Crippen LogP) is 7.57. The van der Waals surface area contributed by atoms with Crippen molar-refractivity contribution in [2.24, 2.45) is 5.92 Å². The fraction of sp³-hybridized carbons (Fsp3) is 0.519. The van der Waals surface area contributed by atoms with Crippen LogP contribution in [0.25, 0.3) is 11.1 Å². The van der Waals surface area contributed by atoms with Gasteiger partial charge >= 0.3 is 0 Å². The second kappa shape index (κ2) is 11.2. The van der Waals surface area contributed by atoms with Crippen LogP contribution in [0.4, 0.5) is 0 Å². The van der Waals surface area contributed by atoms with Crippen LogP contribution in [0.15, 0.2) is 48.5 Å². The summed E-state index contributed by atoms with van der Waals surface area (Å²) < 4.78 is 5.87. The summed E-state index contributed by atoms with van der Waals surface area (Å²) in [5, 5.41) is 0. The van der Waals surface area contributed by atoms with Gasteiger partial charge in [0.05, 0.1) is 6.61 Å². The van der Waals surface area contributed by atoms with E-state index in [-0.39, 0.29) is 5.92 Å².